The van der Waals surface area contributed by atoms with Crippen LogP contribution in [0.1, 0.15) is 27.7 Å². The van der Waals surface area contributed by atoms with Crippen LogP contribution in [0.25, 0.3) is 10.8 Å². The number of hydrogen-bond donors (Lipinski definition) is 1. The van der Waals surface area contributed by atoms with E-state index in [4.69, 9.17) is 23.7 Å². The summed E-state index contributed by atoms with van der Waals surface area (Å²) in [6, 6.07) is 12.0. The largest absolute Gasteiger partial charge is 0.463 e. The zero-order chi connectivity index (χ0) is 24.8. The van der Waals surface area contributed by atoms with E-state index in [1.165, 1.54) is 27.7 Å². The lowest BCUT2D eigenvalue weighted by Gasteiger charge is -2.44. The van der Waals surface area contributed by atoms with Gasteiger partial charge in [0.05, 0.1) is 0 Å². The Morgan fingerprint density at radius 1 is 0.853 bits per heavy atom. The van der Waals surface area contributed by atoms with Crippen LogP contribution in [0.15, 0.2) is 42.5 Å². The number of rotatable bonds is 7. The molecule has 34 heavy (non-hydrogen) atoms. The number of ether oxygens (including phenoxy) is 5. The molecule has 3 rings (SSSR count). The van der Waals surface area contributed by atoms with Gasteiger partial charge in [-0.15, -0.1) is 0 Å². The summed E-state index contributed by atoms with van der Waals surface area (Å²) in [4.78, 5) is 47.1. The molecule has 0 radical (unpaired) electrons. The number of amides is 1. The molecule has 2 aromatic rings. The number of carbonyl (C=O) groups excluding carboxylic acids is 4. The quantitative estimate of drug-likeness (QED) is 0.474. The van der Waals surface area contributed by atoms with Crippen molar-refractivity contribution in [1.82, 2.24) is 5.32 Å². The molecule has 182 valence electrons. The molecule has 10 heteroatoms. The van der Waals surface area contributed by atoms with Crippen molar-refractivity contribution in [2.75, 3.05) is 6.61 Å². The first-order valence-corrected chi connectivity index (χ1v) is 10.7. The van der Waals surface area contributed by atoms with E-state index in [1.54, 1.807) is 12.1 Å². The van der Waals surface area contributed by atoms with Crippen LogP contribution in [0.2, 0.25) is 0 Å². The summed E-state index contributed by atoms with van der Waals surface area (Å²) >= 11 is 0. The summed E-state index contributed by atoms with van der Waals surface area (Å²) in [5, 5.41) is 4.58. The zero-order valence-electron chi connectivity index (χ0n) is 19.3. The summed E-state index contributed by atoms with van der Waals surface area (Å²) in [6.07, 6.45) is -4.55. The van der Waals surface area contributed by atoms with E-state index in [1.807, 2.05) is 30.3 Å². The predicted molar refractivity (Wildman–Crippen MR) is 119 cm³/mol. The highest BCUT2D eigenvalue weighted by Crippen LogP contribution is 2.30. The fraction of sp³-hybridized carbons (Fsp3) is 0.417. The van der Waals surface area contributed by atoms with Crippen molar-refractivity contribution in [2.24, 2.45) is 0 Å². The second-order valence-corrected chi connectivity index (χ2v) is 7.85. The third-order valence-electron chi connectivity index (χ3n) is 5.04. The minimum absolute atomic E-state index is 0.296. The van der Waals surface area contributed by atoms with Gasteiger partial charge >= 0.3 is 17.9 Å². The maximum absolute atomic E-state index is 12.0. The van der Waals surface area contributed by atoms with Gasteiger partial charge in [-0.2, -0.15) is 0 Å². The van der Waals surface area contributed by atoms with Gasteiger partial charge in [0.15, 0.2) is 12.2 Å². The van der Waals surface area contributed by atoms with E-state index in [9.17, 15) is 19.2 Å². The molecule has 1 saturated heterocycles. The first-order valence-electron chi connectivity index (χ1n) is 10.7. The second-order valence-electron chi connectivity index (χ2n) is 7.85. The van der Waals surface area contributed by atoms with Crippen LogP contribution < -0.4 is 10.1 Å². The van der Waals surface area contributed by atoms with Gasteiger partial charge in [0, 0.05) is 27.7 Å². The van der Waals surface area contributed by atoms with Gasteiger partial charge in [-0.1, -0.05) is 30.3 Å². The monoisotopic (exact) mass is 473 g/mol. The number of esters is 3. The molecule has 1 aliphatic heterocycles. The molecular weight excluding hydrogens is 446 g/mol. The van der Waals surface area contributed by atoms with Crippen molar-refractivity contribution in [2.45, 2.75) is 58.3 Å². The van der Waals surface area contributed by atoms with Crippen LogP contribution >= 0.6 is 0 Å². The molecule has 5 atom stereocenters. The third kappa shape index (κ3) is 6.44. The van der Waals surface area contributed by atoms with Gasteiger partial charge in [-0.3, -0.25) is 19.2 Å². The van der Waals surface area contributed by atoms with E-state index >= 15 is 0 Å². The molecule has 1 N–H and O–H groups in total. The minimum Gasteiger partial charge on any atom is -0.463 e. The normalized spacial score (nSPS) is 24.1. The van der Waals surface area contributed by atoms with E-state index in [0.29, 0.717) is 5.75 Å². The van der Waals surface area contributed by atoms with Gasteiger partial charge in [-0.25, -0.2) is 0 Å². The Labute approximate surface area is 196 Å². The van der Waals surface area contributed by atoms with Gasteiger partial charge in [-0.05, 0) is 22.9 Å². The molecule has 0 aromatic heterocycles. The minimum atomic E-state index is -1.18. The lowest BCUT2D eigenvalue weighted by atomic mass is 9.96. The fourth-order valence-corrected chi connectivity index (χ4v) is 3.77. The van der Waals surface area contributed by atoms with Crippen LogP contribution in [0.4, 0.5) is 0 Å². The molecule has 1 amide bonds. The van der Waals surface area contributed by atoms with Crippen molar-refractivity contribution in [1.29, 1.82) is 0 Å². The Morgan fingerprint density at radius 2 is 1.50 bits per heavy atom. The number of carbonyl (C=O) groups is 4. The second kappa shape index (κ2) is 11.0. The molecule has 2 aromatic carbocycles. The van der Waals surface area contributed by atoms with Gasteiger partial charge in [0.25, 0.3) is 0 Å². The molecule has 1 aliphatic rings. The molecule has 1 fully saturated rings. The molecule has 0 saturated carbocycles. The summed E-state index contributed by atoms with van der Waals surface area (Å²) in [5.41, 5.74) is 0. The van der Waals surface area contributed by atoms with Crippen molar-refractivity contribution in [3.05, 3.63) is 42.5 Å². The maximum atomic E-state index is 12.0. The Bertz CT molecular complexity index is 1070. The first kappa shape index (κ1) is 25.0. The topological polar surface area (TPSA) is 126 Å². The molecule has 0 aliphatic carbocycles. The smallest absolute Gasteiger partial charge is 0.303 e. The third-order valence-corrected chi connectivity index (χ3v) is 5.04. The average Bonchev–Trinajstić information content (AvgIpc) is 2.75. The highest BCUT2D eigenvalue weighted by Gasteiger charge is 2.51. The Kier molecular flexibility index (Phi) is 8.06. The van der Waals surface area contributed by atoms with E-state index < -0.39 is 54.5 Å². The van der Waals surface area contributed by atoms with Crippen LogP contribution in [-0.4, -0.2) is 61.1 Å². The molecule has 10 nitrogen and oxygen atoms in total. The number of hydrogen-bond acceptors (Lipinski definition) is 9. The maximum Gasteiger partial charge on any atom is 0.303 e. The zero-order valence-corrected chi connectivity index (χ0v) is 19.3. The molecule has 0 unspecified atom stereocenters. The lowest BCUT2D eigenvalue weighted by Crippen LogP contribution is -2.67. The van der Waals surface area contributed by atoms with Crippen LogP contribution in [0.5, 0.6) is 5.75 Å². The van der Waals surface area contributed by atoms with E-state index in [0.717, 1.165) is 10.8 Å². The van der Waals surface area contributed by atoms with Gasteiger partial charge in [0.1, 0.15) is 24.5 Å². The molecular formula is C24H27NO9. The highest BCUT2D eigenvalue weighted by atomic mass is 16.7. The summed E-state index contributed by atoms with van der Waals surface area (Å²) in [6.45, 7) is 4.57. The number of fused-ring (bicyclic) bond motifs is 1. The van der Waals surface area contributed by atoms with E-state index in [2.05, 4.69) is 5.32 Å². The molecule has 0 spiro atoms. The number of nitrogens with one attached hydrogen (secondary N) is 1. The Balaban J connectivity index is 1.98. The van der Waals surface area contributed by atoms with Crippen LogP contribution in [-0.2, 0) is 38.1 Å². The SMILES string of the molecule is CC(=O)N[C@H]1[C@@H](Oc2ccc3ccccc3c2)O[C@H](COC(C)=O)[C@H](OC(C)=O)[C@@H]1OC(C)=O. The van der Waals surface area contributed by atoms with Crippen molar-refractivity contribution < 1.29 is 42.9 Å². The Hall–Kier alpha value is -3.66. The first-order chi connectivity index (χ1) is 16.1. The van der Waals surface area contributed by atoms with Crippen molar-refractivity contribution in [3.63, 3.8) is 0 Å². The highest BCUT2D eigenvalue weighted by molar-refractivity contribution is 5.83. The van der Waals surface area contributed by atoms with Gasteiger partial charge in [0.2, 0.25) is 12.2 Å². The van der Waals surface area contributed by atoms with Crippen LogP contribution in [0.3, 0.4) is 0 Å². The average molecular weight is 473 g/mol. The summed E-state index contributed by atoms with van der Waals surface area (Å²) in [7, 11) is 0. The summed E-state index contributed by atoms with van der Waals surface area (Å²) < 4.78 is 28.0. The molecule has 0 bridgehead atoms. The van der Waals surface area contributed by atoms with E-state index in [-0.39, 0.29) is 6.61 Å². The van der Waals surface area contributed by atoms with Crippen molar-refractivity contribution >= 4 is 34.6 Å². The van der Waals surface area contributed by atoms with Gasteiger partial charge < -0.3 is 29.0 Å². The number of benzene rings is 2. The Morgan fingerprint density at radius 3 is 2.12 bits per heavy atom. The fourth-order valence-electron chi connectivity index (χ4n) is 3.77. The lowest BCUT2D eigenvalue weighted by molar-refractivity contribution is -0.257. The van der Waals surface area contributed by atoms with Crippen LogP contribution in [0, 0.1) is 0 Å². The van der Waals surface area contributed by atoms with Crippen molar-refractivity contribution in [3.8, 4) is 5.75 Å². The summed E-state index contributed by atoms with van der Waals surface area (Å²) in [5.74, 6) is -1.94. The standard InChI is InChI=1S/C24H27NO9/c1-13(26)25-21-23(32-16(4)29)22(31-15(3)28)20(12-30-14(2)27)34-24(21)33-19-10-9-17-7-5-6-8-18(17)11-19/h5-11,20-24H,12H2,1-4H3,(H,25,26)/t20-,21-,22+,23-,24+/m1/s1. The predicted octanol–water partition coefficient (Wildman–Crippen LogP) is 1.87. The molecule has 1 heterocycles.